The molecule has 0 aliphatic rings. The van der Waals surface area contributed by atoms with E-state index in [0.29, 0.717) is 0 Å². The van der Waals surface area contributed by atoms with Crippen LogP contribution in [0.1, 0.15) is 40.5 Å². The summed E-state index contributed by atoms with van der Waals surface area (Å²) in [5.41, 5.74) is 0. The molecule has 0 spiro atoms. The van der Waals surface area contributed by atoms with E-state index in [2.05, 4.69) is 26.8 Å². The zero-order valence-electron chi connectivity index (χ0n) is 9.30. The number of allylic oxidation sites excluding steroid dienone is 2. The van der Waals surface area contributed by atoms with Crippen molar-refractivity contribution in [3.63, 3.8) is 0 Å². The van der Waals surface area contributed by atoms with Crippen LogP contribution >= 0.6 is 0 Å². The third kappa shape index (κ3) is 6.02. The molecule has 0 fully saturated rings. The zero-order chi connectivity index (χ0) is 10.1. The van der Waals surface area contributed by atoms with Gasteiger partial charge in [-0.15, -0.1) is 0 Å². The summed E-state index contributed by atoms with van der Waals surface area (Å²) in [4.78, 5) is 0. The van der Waals surface area contributed by atoms with E-state index in [9.17, 15) is 0 Å². The van der Waals surface area contributed by atoms with Gasteiger partial charge in [0.15, 0.2) is 0 Å². The highest BCUT2D eigenvalue weighted by Gasteiger charge is 2.13. The maximum Gasteiger partial charge on any atom is 0.351 e. The van der Waals surface area contributed by atoms with Crippen LogP contribution in [0, 0.1) is 0 Å². The average molecular weight is 202 g/mol. The summed E-state index contributed by atoms with van der Waals surface area (Å²) in [5, 5.41) is 1.29. The highest BCUT2D eigenvalue weighted by Crippen LogP contribution is 2.04. The van der Waals surface area contributed by atoms with Crippen LogP contribution in [0.3, 0.4) is 0 Å². The summed E-state index contributed by atoms with van der Waals surface area (Å²) in [5.74, 6) is 0. The molecule has 0 amide bonds. The van der Waals surface area contributed by atoms with Crippen LogP contribution in [-0.4, -0.2) is 22.5 Å². The molecule has 0 unspecified atom stereocenters. The minimum atomic E-state index is -1.50. The van der Waals surface area contributed by atoms with Gasteiger partial charge in [0, 0.05) is 13.2 Å². The highest BCUT2D eigenvalue weighted by atomic mass is 28.3. The third-order valence-corrected chi connectivity index (χ3v) is 3.93. The number of rotatable bonds is 7. The van der Waals surface area contributed by atoms with Crippen molar-refractivity contribution in [2.45, 2.75) is 40.5 Å². The first kappa shape index (κ1) is 12.9. The molecular formula is C10H22O2Si. The van der Waals surface area contributed by atoms with E-state index in [1.54, 1.807) is 0 Å². The van der Waals surface area contributed by atoms with Gasteiger partial charge in [-0.2, -0.15) is 0 Å². The Morgan fingerprint density at radius 1 is 1.15 bits per heavy atom. The molecule has 0 bridgehead atoms. The van der Waals surface area contributed by atoms with Gasteiger partial charge in [-0.25, -0.2) is 0 Å². The first-order valence-corrected chi connectivity index (χ1v) is 6.64. The van der Waals surface area contributed by atoms with Crippen molar-refractivity contribution in [3.05, 3.63) is 11.3 Å². The number of hydrogen-bond acceptors (Lipinski definition) is 2. The smallest absolute Gasteiger partial charge is 0.351 e. The van der Waals surface area contributed by atoms with Crippen molar-refractivity contribution >= 4 is 9.28 Å². The molecule has 0 N–H and O–H groups in total. The van der Waals surface area contributed by atoms with E-state index in [0.717, 1.165) is 26.1 Å². The fourth-order valence-corrected chi connectivity index (χ4v) is 2.69. The van der Waals surface area contributed by atoms with Crippen LogP contribution < -0.4 is 0 Å². The summed E-state index contributed by atoms with van der Waals surface area (Å²) in [6.45, 7) is 10.0. The second-order valence-electron chi connectivity index (χ2n) is 3.11. The summed E-state index contributed by atoms with van der Waals surface area (Å²) in [6.07, 6.45) is 4.23. The molecule has 0 aliphatic heterocycles. The molecule has 78 valence electrons. The molecule has 0 aromatic heterocycles. The zero-order valence-corrected chi connectivity index (χ0v) is 10.5. The Hall–Kier alpha value is -0.123. The van der Waals surface area contributed by atoms with Crippen LogP contribution in [0.15, 0.2) is 11.3 Å². The second-order valence-corrected chi connectivity index (χ2v) is 5.35. The molecule has 3 heteroatoms. The third-order valence-electron chi connectivity index (χ3n) is 1.77. The van der Waals surface area contributed by atoms with Crippen LogP contribution in [0.25, 0.3) is 0 Å². The van der Waals surface area contributed by atoms with Crippen molar-refractivity contribution < 1.29 is 8.85 Å². The summed E-state index contributed by atoms with van der Waals surface area (Å²) < 4.78 is 11.4. The Morgan fingerprint density at radius 2 is 1.62 bits per heavy atom. The monoisotopic (exact) mass is 202 g/mol. The lowest BCUT2D eigenvalue weighted by Crippen LogP contribution is -2.25. The topological polar surface area (TPSA) is 18.5 Å². The fourth-order valence-electron chi connectivity index (χ4n) is 0.897. The minimum absolute atomic E-state index is 0.825. The molecule has 0 heterocycles. The molecule has 0 rings (SSSR count). The van der Waals surface area contributed by atoms with Gasteiger partial charge >= 0.3 is 9.28 Å². The molecule has 13 heavy (non-hydrogen) atoms. The van der Waals surface area contributed by atoms with Gasteiger partial charge in [-0.3, -0.25) is 0 Å². The Balaban J connectivity index is 3.87. The van der Waals surface area contributed by atoms with E-state index >= 15 is 0 Å². The summed E-state index contributed by atoms with van der Waals surface area (Å²) in [6, 6.07) is 0. The van der Waals surface area contributed by atoms with Crippen LogP contribution in [0.4, 0.5) is 0 Å². The minimum Gasteiger partial charge on any atom is -0.393 e. The van der Waals surface area contributed by atoms with Crippen molar-refractivity contribution in [1.29, 1.82) is 0 Å². The van der Waals surface area contributed by atoms with E-state index in [1.165, 1.54) is 5.20 Å². The van der Waals surface area contributed by atoms with Crippen LogP contribution in [0.2, 0.25) is 0 Å². The molecule has 0 saturated carbocycles. The lowest BCUT2D eigenvalue weighted by Gasteiger charge is -2.16. The van der Waals surface area contributed by atoms with E-state index in [1.807, 2.05) is 6.92 Å². The molecular weight excluding hydrogens is 180 g/mol. The first-order chi connectivity index (χ1) is 6.26. The van der Waals surface area contributed by atoms with E-state index < -0.39 is 9.28 Å². The normalized spacial score (nSPS) is 12.5. The molecule has 0 aliphatic carbocycles. The first-order valence-electron chi connectivity index (χ1n) is 5.12. The van der Waals surface area contributed by atoms with Gasteiger partial charge in [0.05, 0.1) is 0 Å². The van der Waals surface area contributed by atoms with E-state index in [-0.39, 0.29) is 0 Å². The van der Waals surface area contributed by atoms with Crippen molar-refractivity contribution in [1.82, 2.24) is 0 Å². The van der Waals surface area contributed by atoms with Crippen molar-refractivity contribution in [3.8, 4) is 0 Å². The van der Waals surface area contributed by atoms with Gasteiger partial charge in [-0.05, 0) is 31.9 Å². The van der Waals surface area contributed by atoms with Crippen molar-refractivity contribution in [2.75, 3.05) is 13.2 Å². The molecule has 0 radical (unpaired) electrons. The van der Waals surface area contributed by atoms with Gasteiger partial charge in [-0.1, -0.05) is 19.9 Å². The van der Waals surface area contributed by atoms with Gasteiger partial charge < -0.3 is 8.85 Å². The number of hydrogen-bond donors (Lipinski definition) is 0. The highest BCUT2D eigenvalue weighted by molar-refractivity contribution is 6.53. The molecule has 0 aromatic carbocycles. The summed E-state index contributed by atoms with van der Waals surface area (Å²) in [7, 11) is -1.50. The van der Waals surface area contributed by atoms with Crippen LogP contribution in [0.5, 0.6) is 0 Å². The molecule has 2 nitrogen and oxygen atoms in total. The molecule has 0 aromatic rings. The van der Waals surface area contributed by atoms with Crippen molar-refractivity contribution in [2.24, 2.45) is 0 Å². The standard InChI is InChI=1S/C10H22O2Si/c1-5-8-11-13(10(4)7-3)12-9-6-2/h7,13H,5-6,8-9H2,1-4H3. The average Bonchev–Trinajstić information content (AvgIpc) is 2.17. The SMILES string of the molecule is CC=C(C)[SiH](OCCC)OCCC. The Bertz CT molecular complexity index is 138. The van der Waals surface area contributed by atoms with Gasteiger partial charge in [0.1, 0.15) is 0 Å². The van der Waals surface area contributed by atoms with E-state index in [4.69, 9.17) is 8.85 Å². The lowest BCUT2D eigenvalue weighted by atomic mass is 10.5. The quantitative estimate of drug-likeness (QED) is 0.591. The summed E-state index contributed by atoms with van der Waals surface area (Å²) >= 11 is 0. The Morgan fingerprint density at radius 3 is 1.92 bits per heavy atom. The Labute approximate surface area is 83.8 Å². The Kier molecular flexibility index (Phi) is 8.39. The predicted molar refractivity (Wildman–Crippen MR) is 59.1 cm³/mol. The second kappa shape index (κ2) is 8.47. The predicted octanol–water partition coefficient (Wildman–Crippen LogP) is 2.57. The van der Waals surface area contributed by atoms with Crippen LogP contribution in [-0.2, 0) is 8.85 Å². The maximum atomic E-state index is 5.69. The van der Waals surface area contributed by atoms with Gasteiger partial charge in [0.2, 0.25) is 0 Å². The largest absolute Gasteiger partial charge is 0.393 e. The van der Waals surface area contributed by atoms with Gasteiger partial charge in [0.25, 0.3) is 0 Å². The fraction of sp³-hybridized carbons (Fsp3) is 0.800. The molecule has 0 saturated heterocycles. The maximum absolute atomic E-state index is 5.69. The lowest BCUT2D eigenvalue weighted by molar-refractivity contribution is 0.203. The molecule has 0 atom stereocenters.